The fourth-order valence-electron chi connectivity index (χ4n) is 2.04. The predicted octanol–water partition coefficient (Wildman–Crippen LogP) is 5.20. The van der Waals surface area contributed by atoms with E-state index in [0.717, 1.165) is 18.3 Å². The van der Waals surface area contributed by atoms with Crippen molar-refractivity contribution in [3.05, 3.63) is 89.3 Å². The Balaban J connectivity index is 0.000000187. The molecule has 3 nitrogen and oxygen atoms in total. The fourth-order valence-corrected chi connectivity index (χ4v) is 2.47. The van der Waals surface area contributed by atoms with Crippen LogP contribution < -0.4 is 0 Å². The van der Waals surface area contributed by atoms with Gasteiger partial charge in [-0.25, -0.2) is 9.37 Å². The number of hydrogen-bond donors (Lipinski definition) is 0. The number of halogens is 5. The standard InChI is InChI=1S/C10H9N3.C8H5BrF4/c1-2-4-9(5-3-1)8-10-11-6-7-12-13-10;9-4-5-2-1-3-6(7(5)10)8(11,12)13/h1-7H,8H2;1-3H,4H2. The maximum Gasteiger partial charge on any atom is 0.419 e. The summed E-state index contributed by atoms with van der Waals surface area (Å²) in [5, 5.41) is 7.75. The first-order valence-electron chi connectivity index (χ1n) is 7.49. The molecule has 8 heteroatoms. The second kappa shape index (κ2) is 9.38. The molecule has 0 aliphatic rings. The zero-order valence-corrected chi connectivity index (χ0v) is 15.0. The van der Waals surface area contributed by atoms with Crippen LogP contribution in [0.2, 0.25) is 0 Å². The van der Waals surface area contributed by atoms with Gasteiger partial charge in [-0.05, 0) is 17.2 Å². The quantitative estimate of drug-likeness (QED) is 0.425. The Hall–Kier alpha value is -2.35. The first-order valence-corrected chi connectivity index (χ1v) is 8.61. The molecule has 0 N–H and O–H groups in total. The molecular weight excluding hydrogens is 414 g/mol. The average molecular weight is 428 g/mol. The van der Waals surface area contributed by atoms with Gasteiger partial charge in [-0.15, -0.1) is 5.10 Å². The average Bonchev–Trinajstić information content (AvgIpc) is 2.63. The number of nitrogens with zero attached hydrogens (tertiary/aromatic N) is 3. The molecule has 26 heavy (non-hydrogen) atoms. The van der Waals surface area contributed by atoms with Crippen molar-refractivity contribution in [1.29, 1.82) is 0 Å². The zero-order chi connectivity index (χ0) is 19.0. The summed E-state index contributed by atoms with van der Waals surface area (Å²) < 4.78 is 49.3. The Labute approximate surface area is 156 Å². The topological polar surface area (TPSA) is 38.7 Å². The zero-order valence-electron chi connectivity index (χ0n) is 13.4. The summed E-state index contributed by atoms with van der Waals surface area (Å²) in [7, 11) is 0. The van der Waals surface area contributed by atoms with Crippen LogP contribution in [0.1, 0.15) is 22.5 Å². The van der Waals surface area contributed by atoms with Gasteiger partial charge in [-0.3, -0.25) is 0 Å². The van der Waals surface area contributed by atoms with Crippen molar-refractivity contribution >= 4 is 15.9 Å². The molecule has 0 saturated carbocycles. The summed E-state index contributed by atoms with van der Waals surface area (Å²) in [6.45, 7) is 0. The van der Waals surface area contributed by atoms with Gasteiger partial charge >= 0.3 is 6.18 Å². The third-order valence-electron chi connectivity index (χ3n) is 3.26. The van der Waals surface area contributed by atoms with E-state index in [1.165, 1.54) is 17.7 Å². The van der Waals surface area contributed by atoms with Crippen molar-refractivity contribution in [1.82, 2.24) is 15.2 Å². The number of aromatic nitrogens is 3. The van der Waals surface area contributed by atoms with Crippen LogP contribution in [0.3, 0.4) is 0 Å². The maximum atomic E-state index is 13.0. The van der Waals surface area contributed by atoms with Crippen LogP contribution in [0.15, 0.2) is 60.9 Å². The third-order valence-corrected chi connectivity index (χ3v) is 3.87. The smallest absolute Gasteiger partial charge is 0.237 e. The summed E-state index contributed by atoms with van der Waals surface area (Å²) in [6.07, 6.45) is -0.642. The van der Waals surface area contributed by atoms with Gasteiger partial charge in [0.2, 0.25) is 0 Å². The van der Waals surface area contributed by atoms with Gasteiger partial charge in [0.15, 0.2) is 5.82 Å². The van der Waals surface area contributed by atoms with Gasteiger partial charge in [0.25, 0.3) is 0 Å². The molecule has 0 unspecified atom stereocenters. The van der Waals surface area contributed by atoms with Gasteiger partial charge in [-0.1, -0.05) is 58.4 Å². The molecule has 2 aromatic carbocycles. The Morgan fingerprint density at radius 1 is 0.923 bits per heavy atom. The minimum atomic E-state index is -4.62. The van der Waals surface area contributed by atoms with E-state index in [1.54, 1.807) is 12.4 Å². The van der Waals surface area contributed by atoms with Crippen molar-refractivity contribution in [2.45, 2.75) is 17.9 Å². The minimum absolute atomic E-state index is 0.00910. The summed E-state index contributed by atoms with van der Waals surface area (Å²) >= 11 is 2.90. The molecule has 3 rings (SSSR count). The molecule has 0 amide bonds. The van der Waals surface area contributed by atoms with E-state index in [0.29, 0.717) is 0 Å². The highest BCUT2D eigenvalue weighted by molar-refractivity contribution is 9.08. The molecule has 0 atom stereocenters. The van der Waals surface area contributed by atoms with Crippen molar-refractivity contribution in [2.75, 3.05) is 0 Å². The SMILES string of the molecule is Fc1c(CBr)cccc1C(F)(F)F.c1ccc(Cc2nccnn2)cc1. The van der Waals surface area contributed by atoms with Crippen LogP contribution in [-0.2, 0) is 17.9 Å². The van der Waals surface area contributed by atoms with Crippen molar-refractivity contribution in [2.24, 2.45) is 0 Å². The molecule has 1 heterocycles. The molecular formula is C18H14BrF4N3. The molecule has 3 aromatic rings. The van der Waals surface area contributed by atoms with E-state index in [-0.39, 0.29) is 10.9 Å². The molecule has 0 radical (unpaired) electrons. The maximum absolute atomic E-state index is 13.0. The van der Waals surface area contributed by atoms with Gasteiger partial charge in [0.05, 0.1) is 11.8 Å². The summed E-state index contributed by atoms with van der Waals surface area (Å²) in [5.74, 6) is -0.444. The second-order valence-corrected chi connectivity index (χ2v) is 5.69. The summed E-state index contributed by atoms with van der Waals surface area (Å²) in [4.78, 5) is 4.10. The fraction of sp³-hybridized carbons (Fsp3) is 0.167. The molecule has 0 aliphatic carbocycles. The van der Waals surface area contributed by atoms with Crippen LogP contribution in [0.25, 0.3) is 0 Å². The van der Waals surface area contributed by atoms with E-state index in [2.05, 4.69) is 43.2 Å². The lowest BCUT2D eigenvalue weighted by Crippen LogP contribution is -2.09. The molecule has 0 fully saturated rings. The van der Waals surface area contributed by atoms with Gasteiger partial charge in [0.1, 0.15) is 5.82 Å². The normalized spacial score (nSPS) is 10.8. The number of hydrogen-bond acceptors (Lipinski definition) is 3. The van der Waals surface area contributed by atoms with E-state index in [4.69, 9.17) is 0 Å². The highest BCUT2D eigenvalue weighted by Gasteiger charge is 2.34. The lowest BCUT2D eigenvalue weighted by Gasteiger charge is -2.09. The van der Waals surface area contributed by atoms with Crippen molar-refractivity contribution in [3.8, 4) is 0 Å². The Morgan fingerprint density at radius 3 is 2.23 bits per heavy atom. The predicted molar refractivity (Wildman–Crippen MR) is 93.1 cm³/mol. The third kappa shape index (κ3) is 5.87. The molecule has 0 bridgehead atoms. The van der Waals surface area contributed by atoms with Gasteiger partial charge in [0, 0.05) is 17.9 Å². The van der Waals surface area contributed by atoms with E-state index < -0.39 is 17.6 Å². The summed E-state index contributed by atoms with van der Waals surface area (Å²) in [5.41, 5.74) is -0.00484. The summed E-state index contributed by atoms with van der Waals surface area (Å²) in [6, 6.07) is 13.3. The van der Waals surface area contributed by atoms with Crippen LogP contribution in [0, 0.1) is 5.82 Å². The molecule has 0 aliphatic heterocycles. The Morgan fingerprint density at radius 2 is 1.65 bits per heavy atom. The number of alkyl halides is 4. The second-order valence-electron chi connectivity index (χ2n) is 5.13. The van der Waals surface area contributed by atoms with Crippen molar-refractivity contribution in [3.63, 3.8) is 0 Å². The molecule has 136 valence electrons. The van der Waals surface area contributed by atoms with Gasteiger partial charge < -0.3 is 0 Å². The van der Waals surface area contributed by atoms with Crippen LogP contribution in [0.5, 0.6) is 0 Å². The minimum Gasteiger partial charge on any atom is -0.237 e. The Kier molecular flexibility index (Phi) is 7.20. The number of rotatable bonds is 3. The molecule has 1 aromatic heterocycles. The Bertz CT molecular complexity index is 774. The van der Waals surface area contributed by atoms with Crippen LogP contribution in [-0.4, -0.2) is 15.2 Å². The highest BCUT2D eigenvalue weighted by atomic mass is 79.9. The monoisotopic (exact) mass is 427 g/mol. The first-order chi connectivity index (χ1) is 12.4. The van der Waals surface area contributed by atoms with Crippen LogP contribution >= 0.6 is 15.9 Å². The number of benzene rings is 2. The largest absolute Gasteiger partial charge is 0.419 e. The highest BCUT2D eigenvalue weighted by Crippen LogP contribution is 2.32. The van der Waals surface area contributed by atoms with E-state index in [1.807, 2.05) is 18.2 Å². The van der Waals surface area contributed by atoms with Crippen LogP contribution in [0.4, 0.5) is 17.6 Å². The van der Waals surface area contributed by atoms with E-state index in [9.17, 15) is 17.6 Å². The van der Waals surface area contributed by atoms with E-state index >= 15 is 0 Å². The van der Waals surface area contributed by atoms with Gasteiger partial charge in [-0.2, -0.15) is 18.3 Å². The molecule has 0 spiro atoms. The van der Waals surface area contributed by atoms with Crippen molar-refractivity contribution < 1.29 is 17.6 Å². The lowest BCUT2D eigenvalue weighted by atomic mass is 10.1. The lowest BCUT2D eigenvalue weighted by molar-refractivity contribution is -0.140. The molecule has 0 saturated heterocycles. The first kappa shape index (κ1) is 20.0.